The molecule has 136 valence electrons. The van der Waals surface area contributed by atoms with Crippen molar-refractivity contribution in [1.29, 1.82) is 5.26 Å². The van der Waals surface area contributed by atoms with Gasteiger partial charge in [0.1, 0.15) is 6.10 Å². The molecular weight excluding hydrogens is 340 g/mol. The molecule has 0 amide bonds. The van der Waals surface area contributed by atoms with Crippen LogP contribution >= 0.6 is 0 Å². The topological polar surface area (TPSA) is 56.4 Å². The first-order valence-electron chi connectivity index (χ1n) is 8.89. The molecule has 1 aromatic heterocycles. The fourth-order valence-corrected chi connectivity index (χ4v) is 3.09. The van der Waals surface area contributed by atoms with Crippen molar-refractivity contribution >= 4 is 10.9 Å². The van der Waals surface area contributed by atoms with E-state index in [0.29, 0.717) is 25.4 Å². The quantitative estimate of drug-likeness (QED) is 0.808. The average molecular weight is 360 g/mol. The van der Waals surface area contributed by atoms with Gasteiger partial charge in [0.2, 0.25) is 6.41 Å². The van der Waals surface area contributed by atoms with E-state index in [2.05, 4.69) is 6.07 Å². The summed E-state index contributed by atoms with van der Waals surface area (Å²) >= 11 is 0. The maximum absolute atomic E-state index is 9.02. The first-order chi connectivity index (χ1) is 13.3. The third kappa shape index (κ3) is 4.09. The van der Waals surface area contributed by atoms with E-state index in [0.717, 1.165) is 16.5 Å². The van der Waals surface area contributed by atoms with Crippen LogP contribution in [-0.4, -0.2) is 30.5 Å². The molecular formula is C22H20N2O3. The Morgan fingerprint density at radius 3 is 2.96 bits per heavy atom. The van der Waals surface area contributed by atoms with Crippen LogP contribution in [0, 0.1) is 11.3 Å². The van der Waals surface area contributed by atoms with Crippen LogP contribution in [-0.2, 0) is 14.2 Å². The van der Waals surface area contributed by atoms with E-state index in [1.807, 2.05) is 71.5 Å². The first-order valence-corrected chi connectivity index (χ1v) is 8.89. The van der Waals surface area contributed by atoms with E-state index in [4.69, 9.17) is 19.5 Å². The van der Waals surface area contributed by atoms with Crippen LogP contribution in [0.1, 0.15) is 12.0 Å². The third-order valence-corrected chi connectivity index (χ3v) is 4.45. The number of nitrogens with zero attached hydrogens (tertiary/aromatic N) is 2. The van der Waals surface area contributed by atoms with Gasteiger partial charge in [-0.05, 0) is 29.8 Å². The molecule has 2 aromatic rings. The molecule has 5 heteroatoms. The van der Waals surface area contributed by atoms with Crippen molar-refractivity contribution in [2.45, 2.75) is 12.5 Å². The number of aromatic nitrogens is 1. The maximum Gasteiger partial charge on any atom is 0.244 e. The Bertz CT molecular complexity index is 975. The lowest BCUT2D eigenvalue weighted by Gasteiger charge is -2.14. The highest BCUT2D eigenvalue weighted by Gasteiger charge is 2.28. The number of hydrogen-bond acceptors (Lipinski definition) is 4. The van der Waals surface area contributed by atoms with Crippen LogP contribution in [0.25, 0.3) is 10.9 Å². The molecule has 2 unspecified atom stereocenters. The van der Waals surface area contributed by atoms with Gasteiger partial charge in [0.15, 0.2) is 0 Å². The van der Waals surface area contributed by atoms with Crippen LogP contribution in [0.2, 0.25) is 0 Å². The van der Waals surface area contributed by atoms with E-state index in [1.54, 1.807) is 6.07 Å². The molecule has 0 bridgehead atoms. The van der Waals surface area contributed by atoms with Gasteiger partial charge in [0.05, 0.1) is 37.0 Å². The standard InChI is InChI=1S/C22H20N2O3/c23-13-18-8-9-21-19(12-18)10-11-24(21)22-26-16-20(27-22)15-25-14-17-6-4-2-1-3-5-7-17/h1-12,20,22H,14-16H2/b2-1-,3-1?,4-2?,5-3-,6-4-,7-5?,17-6?,17-7+. The van der Waals surface area contributed by atoms with Crippen LogP contribution in [0.3, 0.4) is 0 Å². The number of rotatable bonds is 5. The normalized spacial score (nSPS) is 27.3. The van der Waals surface area contributed by atoms with E-state index in [1.165, 1.54) is 0 Å². The maximum atomic E-state index is 9.02. The summed E-state index contributed by atoms with van der Waals surface area (Å²) in [6, 6.07) is 9.70. The molecule has 0 spiro atoms. The molecule has 1 aliphatic carbocycles. The molecule has 5 nitrogen and oxygen atoms in total. The Balaban J connectivity index is 1.33. The van der Waals surface area contributed by atoms with Crippen molar-refractivity contribution in [1.82, 2.24) is 4.57 Å². The summed E-state index contributed by atoms with van der Waals surface area (Å²) in [6.07, 6.45) is 15.4. The molecule has 2 heterocycles. The first kappa shape index (κ1) is 17.5. The lowest BCUT2D eigenvalue weighted by atomic mass is 10.2. The number of hydrogen-bond donors (Lipinski definition) is 0. The van der Waals surface area contributed by atoms with Crippen molar-refractivity contribution < 1.29 is 14.2 Å². The van der Waals surface area contributed by atoms with Gasteiger partial charge in [0.25, 0.3) is 0 Å². The Morgan fingerprint density at radius 2 is 2.04 bits per heavy atom. The number of allylic oxidation sites excluding steroid dienone is 6. The predicted molar refractivity (Wildman–Crippen MR) is 103 cm³/mol. The van der Waals surface area contributed by atoms with Gasteiger partial charge in [-0.3, -0.25) is 4.57 Å². The number of ether oxygens (including phenoxy) is 3. The molecule has 1 saturated heterocycles. The Morgan fingerprint density at radius 1 is 1.15 bits per heavy atom. The minimum Gasteiger partial charge on any atom is -0.374 e. The highest BCUT2D eigenvalue weighted by Crippen LogP contribution is 2.27. The lowest BCUT2D eigenvalue weighted by molar-refractivity contribution is -0.119. The Hall–Kier alpha value is -2.91. The van der Waals surface area contributed by atoms with Gasteiger partial charge in [-0.15, -0.1) is 0 Å². The molecule has 2 atom stereocenters. The minimum atomic E-state index is -0.474. The van der Waals surface area contributed by atoms with Crippen molar-refractivity contribution in [2.24, 2.45) is 0 Å². The second-order valence-electron chi connectivity index (χ2n) is 6.39. The van der Waals surface area contributed by atoms with E-state index >= 15 is 0 Å². The Kier molecular flexibility index (Phi) is 5.31. The summed E-state index contributed by atoms with van der Waals surface area (Å²) in [7, 11) is 0. The van der Waals surface area contributed by atoms with Crippen LogP contribution in [0.5, 0.6) is 0 Å². The third-order valence-electron chi connectivity index (χ3n) is 4.45. The zero-order valence-corrected chi connectivity index (χ0v) is 14.8. The van der Waals surface area contributed by atoms with Crippen LogP contribution in [0.4, 0.5) is 0 Å². The van der Waals surface area contributed by atoms with Gasteiger partial charge in [0, 0.05) is 11.6 Å². The fourth-order valence-electron chi connectivity index (χ4n) is 3.09. The molecule has 1 aliphatic heterocycles. The van der Waals surface area contributed by atoms with Crippen molar-refractivity contribution in [3.8, 4) is 6.07 Å². The minimum absolute atomic E-state index is 0.112. The summed E-state index contributed by atoms with van der Waals surface area (Å²) in [5.41, 5.74) is 2.73. The zero-order valence-electron chi connectivity index (χ0n) is 14.8. The monoisotopic (exact) mass is 360 g/mol. The molecule has 0 radical (unpaired) electrons. The van der Waals surface area contributed by atoms with E-state index < -0.39 is 6.41 Å². The Labute approximate surface area is 158 Å². The second-order valence-corrected chi connectivity index (χ2v) is 6.39. The number of benzene rings is 1. The summed E-state index contributed by atoms with van der Waals surface area (Å²) < 4.78 is 19.5. The van der Waals surface area contributed by atoms with Gasteiger partial charge < -0.3 is 14.2 Å². The fraction of sp³-hybridized carbons (Fsp3) is 0.227. The van der Waals surface area contributed by atoms with Crippen LogP contribution < -0.4 is 0 Å². The summed E-state index contributed by atoms with van der Waals surface area (Å²) in [4.78, 5) is 0. The molecule has 4 rings (SSSR count). The van der Waals surface area contributed by atoms with Crippen LogP contribution in [0.15, 0.2) is 78.6 Å². The predicted octanol–water partition coefficient (Wildman–Crippen LogP) is 4.01. The largest absolute Gasteiger partial charge is 0.374 e. The summed E-state index contributed by atoms with van der Waals surface area (Å²) in [5.74, 6) is 0. The molecule has 1 aromatic carbocycles. The highest BCUT2D eigenvalue weighted by atomic mass is 16.7. The highest BCUT2D eigenvalue weighted by molar-refractivity contribution is 5.81. The average Bonchev–Trinajstić information content (AvgIpc) is 3.29. The molecule has 0 N–H and O–H groups in total. The van der Waals surface area contributed by atoms with Crippen molar-refractivity contribution in [3.05, 3.63) is 84.1 Å². The van der Waals surface area contributed by atoms with Gasteiger partial charge in [-0.1, -0.05) is 42.5 Å². The SMILES string of the molecule is N#Cc1ccc2c(ccn2C2OCC(COCC3=C/C=C\C=C/C=C\3)O2)c1. The second kappa shape index (κ2) is 8.19. The molecule has 2 aliphatic rings. The number of nitriles is 1. The lowest BCUT2D eigenvalue weighted by Crippen LogP contribution is -2.19. The van der Waals surface area contributed by atoms with Crippen molar-refractivity contribution in [3.63, 3.8) is 0 Å². The summed E-state index contributed by atoms with van der Waals surface area (Å²) in [6.45, 7) is 1.49. The van der Waals surface area contributed by atoms with Gasteiger partial charge in [-0.25, -0.2) is 0 Å². The molecule has 0 saturated carbocycles. The summed E-state index contributed by atoms with van der Waals surface area (Å²) in [5, 5.41) is 10.0. The smallest absolute Gasteiger partial charge is 0.244 e. The molecule has 1 fully saturated rings. The number of fused-ring (bicyclic) bond motifs is 1. The van der Waals surface area contributed by atoms with Crippen molar-refractivity contribution in [2.75, 3.05) is 19.8 Å². The zero-order chi connectivity index (χ0) is 18.5. The van der Waals surface area contributed by atoms with E-state index in [9.17, 15) is 0 Å². The van der Waals surface area contributed by atoms with E-state index in [-0.39, 0.29) is 6.10 Å². The van der Waals surface area contributed by atoms with Gasteiger partial charge in [-0.2, -0.15) is 5.26 Å². The van der Waals surface area contributed by atoms with Gasteiger partial charge >= 0.3 is 0 Å². The molecule has 27 heavy (non-hydrogen) atoms.